The third-order valence-corrected chi connectivity index (χ3v) is 4.19. The molecule has 0 aliphatic heterocycles. The Kier molecular flexibility index (Phi) is 3.95. The molecule has 2 rings (SSSR count). The van der Waals surface area contributed by atoms with E-state index in [0.29, 0.717) is 5.92 Å². The summed E-state index contributed by atoms with van der Waals surface area (Å²) in [7, 11) is 0. The Morgan fingerprint density at radius 1 is 1.24 bits per heavy atom. The first kappa shape index (κ1) is 12.3. The molecule has 1 aromatic carbocycles. The van der Waals surface area contributed by atoms with Crippen molar-refractivity contribution in [1.82, 2.24) is 4.98 Å². The third kappa shape index (κ3) is 2.75. The zero-order valence-corrected chi connectivity index (χ0v) is 11.6. The molecular weight excluding hydrogens is 226 g/mol. The van der Waals surface area contributed by atoms with Gasteiger partial charge in [0.25, 0.3) is 0 Å². The molecule has 0 amide bonds. The molecule has 1 atom stereocenters. The van der Waals surface area contributed by atoms with Crippen molar-refractivity contribution in [1.29, 1.82) is 0 Å². The molecule has 0 radical (unpaired) electrons. The minimum atomic E-state index is 0.664. The van der Waals surface area contributed by atoms with Crippen LogP contribution in [0.15, 0.2) is 29.8 Å². The molecule has 2 aromatic rings. The first-order chi connectivity index (χ1) is 8.22. The van der Waals surface area contributed by atoms with Crippen molar-refractivity contribution in [3.63, 3.8) is 0 Å². The fraction of sp³-hybridized carbons (Fsp3) is 0.400. The Morgan fingerprint density at radius 3 is 2.47 bits per heavy atom. The highest BCUT2D eigenvalue weighted by atomic mass is 32.1. The summed E-state index contributed by atoms with van der Waals surface area (Å²) in [5, 5.41) is 0. The van der Waals surface area contributed by atoms with Crippen molar-refractivity contribution >= 4 is 11.3 Å². The highest BCUT2D eigenvalue weighted by molar-refractivity contribution is 7.13. The molecule has 2 heteroatoms. The SMILES string of the molecule is CCC[C@@H](C)c1ccc(-c2scnc2C)cc1. The van der Waals surface area contributed by atoms with Crippen LogP contribution in [0.1, 0.15) is 43.9 Å². The lowest BCUT2D eigenvalue weighted by Gasteiger charge is -2.10. The Bertz CT molecular complexity index is 470. The molecule has 0 saturated heterocycles. The van der Waals surface area contributed by atoms with Crippen molar-refractivity contribution in [2.45, 2.75) is 39.5 Å². The van der Waals surface area contributed by atoms with Crippen molar-refractivity contribution in [2.24, 2.45) is 0 Å². The molecule has 1 aromatic heterocycles. The molecular formula is C15H19NS. The van der Waals surface area contributed by atoms with Gasteiger partial charge in [-0.2, -0.15) is 0 Å². The number of hydrogen-bond acceptors (Lipinski definition) is 2. The number of nitrogens with zero attached hydrogens (tertiary/aromatic N) is 1. The van der Waals surface area contributed by atoms with Gasteiger partial charge in [0.1, 0.15) is 0 Å². The van der Waals surface area contributed by atoms with Gasteiger partial charge >= 0.3 is 0 Å². The lowest BCUT2D eigenvalue weighted by Crippen LogP contribution is -1.92. The van der Waals surface area contributed by atoms with E-state index in [0.717, 1.165) is 5.69 Å². The van der Waals surface area contributed by atoms with Gasteiger partial charge in [-0.25, -0.2) is 4.98 Å². The van der Waals surface area contributed by atoms with E-state index >= 15 is 0 Å². The minimum absolute atomic E-state index is 0.664. The standard InChI is InChI=1S/C15H19NS/c1-4-5-11(2)13-6-8-14(9-7-13)15-12(3)16-10-17-15/h6-11H,4-5H2,1-3H3/t11-/m1/s1. The number of hydrogen-bond donors (Lipinski definition) is 0. The first-order valence-corrected chi connectivity index (χ1v) is 7.10. The van der Waals surface area contributed by atoms with E-state index in [2.05, 4.69) is 50.0 Å². The quantitative estimate of drug-likeness (QED) is 0.737. The average Bonchev–Trinajstić information content (AvgIpc) is 2.76. The number of aromatic nitrogens is 1. The fourth-order valence-corrected chi connectivity index (χ4v) is 2.95. The highest BCUT2D eigenvalue weighted by Crippen LogP contribution is 2.29. The summed E-state index contributed by atoms with van der Waals surface area (Å²) in [5.41, 5.74) is 5.78. The molecule has 0 aliphatic rings. The maximum Gasteiger partial charge on any atom is 0.0801 e. The van der Waals surface area contributed by atoms with Gasteiger partial charge < -0.3 is 0 Å². The van der Waals surface area contributed by atoms with E-state index in [9.17, 15) is 0 Å². The van der Waals surface area contributed by atoms with E-state index in [-0.39, 0.29) is 0 Å². The van der Waals surface area contributed by atoms with Gasteiger partial charge in [-0.15, -0.1) is 11.3 Å². The summed E-state index contributed by atoms with van der Waals surface area (Å²) in [6.07, 6.45) is 2.51. The number of rotatable bonds is 4. The summed E-state index contributed by atoms with van der Waals surface area (Å²) >= 11 is 1.72. The van der Waals surface area contributed by atoms with Crippen LogP contribution in [0.25, 0.3) is 10.4 Å². The van der Waals surface area contributed by atoms with Gasteiger partial charge in [0.15, 0.2) is 0 Å². The summed E-state index contributed by atoms with van der Waals surface area (Å²) in [6.45, 7) is 6.61. The molecule has 0 N–H and O–H groups in total. The highest BCUT2D eigenvalue weighted by Gasteiger charge is 2.07. The number of benzene rings is 1. The van der Waals surface area contributed by atoms with Gasteiger partial charge in [0.2, 0.25) is 0 Å². The number of thiazole rings is 1. The maximum atomic E-state index is 4.30. The second kappa shape index (κ2) is 5.46. The van der Waals surface area contributed by atoms with Gasteiger partial charge in [0, 0.05) is 0 Å². The van der Waals surface area contributed by atoms with E-state index in [1.165, 1.54) is 28.8 Å². The predicted molar refractivity (Wildman–Crippen MR) is 75.6 cm³/mol. The molecule has 0 saturated carbocycles. The van der Waals surface area contributed by atoms with Crippen LogP contribution in [-0.2, 0) is 0 Å². The van der Waals surface area contributed by atoms with Gasteiger partial charge in [-0.1, -0.05) is 44.5 Å². The second-order valence-corrected chi connectivity index (χ2v) is 5.43. The summed E-state index contributed by atoms with van der Waals surface area (Å²) in [4.78, 5) is 5.59. The van der Waals surface area contributed by atoms with Gasteiger partial charge in [-0.05, 0) is 30.4 Å². The lowest BCUT2D eigenvalue weighted by molar-refractivity contribution is 0.665. The van der Waals surface area contributed by atoms with Crippen LogP contribution in [0.5, 0.6) is 0 Å². The van der Waals surface area contributed by atoms with Crippen LogP contribution in [0.3, 0.4) is 0 Å². The molecule has 90 valence electrons. The van der Waals surface area contributed by atoms with Crippen LogP contribution in [0.2, 0.25) is 0 Å². The monoisotopic (exact) mass is 245 g/mol. The molecule has 1 heterocycles. The minimum Gasteiger partial charge on any atom is -0.249 e. The van der Waals surface area contributed by atoms with Crippen molar-refractivity contribution in [2.75, 3.05) is 0 Å². The Labute approximate surface area is 108 Å². The van der Waals surface area contributed by atoms with Crippen molar-refractivity contribution < 1.29 is 0 Å². The van der Waals surface area contributed by atoms with Crippen LogP contribution in [0.4, 0.5) is 0 Å². The predicted octanol–water partition coefficient (Wildman–Crippen LogP) is 5.02. The Morgan fingerprint density at radius 2 is 1.94 bits per heavy atom. The van der Waals surface area contributed by atoms with Crippen LogP contribution in [0, 0.1) is 6.92 Å². The van der Waals surface area contributed by atoms with Crippen LogP contribution >= 0.6 is 11.3 Å². The second-order valence-electron chi connectivity index (χ2n) is 4.58. The average molecular weight is 245 g/mol. The lowest BCUT2D eigenvalue weighted by atomic mass is 9.95. The van der Waals surface area contributed by atoms with E-state index in [1.54, 1.807) is 11.3 Å². The van der Waals surface area contributed by atoms with Crippen molar-refractivity contribution in [3.05, 3.63) is 41.0 Å². The number of aryl methyl sites for hydroxylation is 1. The van der Waals surface area contributed by atoms with E-state index < -0.39 is 0 Å². The van der Waals surface area contributed by atoms with Crippen LogP contribution < -0.4 is 0 Å². The maximum absolute atomic E-state index is 4.30. The summed E-state index contributed by atoms with van der Waals surface area (Å²) in [5.74, 6) is 0.664. The van der Waals surface area contributed by atoms with E-state index in [4.69, 9.17) is 0 Å². The Hall–Kier alpha value is -1.15. The largest absolute Gasteiger partial charge is 0.249 e. The molecule has 0 unspecified atom stereocenters. The zero-order valence-electron chi connectivity index (χ0n) is 10.7. The molecule has 17 heavy (non-hydrogen) atoms. The normalized spacial score (nSPS) is 12.6. The fourth-order valence-electron chi connectivity index (χ4n) is 2.14. The third-order valence-electron chi connectivity index (χ3n) is 3.21. The molecule has 0 spiro atoms. The van der Waals surface area contributed by atoms with E-state index in [1.807, 2.05) is 5.51 Å². The van der Waals surface area contributed by atoms with Gasteiger partial charge in [-0.3, -0.25) is 0 Å². The van der Waals surface area contributed by atoms with Crippen LogP contribution in [-0.4, -0.2) is 4.98 Å². The van der Waals surface area contributed by atoms with Gasteiger partial charge in [0.05, 0.1) is 16.1 Å². The molecule has 0 fully saturated rings. The molecule has 0 aliphatic carbocycles. The first-order valence-electron chi connectivity index (χ1n) is 6.22. The summed E-state index contributed by atoms with van der Waals surface area (Å²) in [6, 6.07) is 8.97. The molecule has 0 bridgehead atoms. The summed E-state index contributed by atoms with van der Waals surface area (Å²) < 4.78 is 0. The topological polar surface area (TPSA) is 12.9 Å². The zero-order chi connectivity index (χ0) is 12.3. The molecule has 1 nitrogen and oxygen atoms in total. The van der Waals surface area contributed by atoms with Crippen molar-refractivity contribution in [3.8, 4) is 10.4 Å². The smallest absolute Gasteiger partial charge is 0.0801 e. The Balaban J connectivity index is 2.21.